The fourth-order valence-corrected chi connectivity index (χ4v) is 3.71. The molecule has 0 unspecified atom stereocenters. The van der Waals surface area contributed by atoms with E-state index in [1.54, 1.807) is 4.90 Å². The van der Waals surface area contributed by atoms with Crippen molar-refractivity contribution in [1.82, 2.24) is 14.5 Å². The number of fused-ring (bicyclic) bond motifs is 1. The van der Waals surface area contributed by atoms with Gasteiger partial charge in [0.1, 0.15) is 5.69 Å². The lowest BCUT2D eigenvalue weighted by Gasteiger charge is -2.35. The Kier molecular flexibility index (Phi) is 6.30. The predicted molar refractivity (Wildman–Crippen MR) is 106 cm³/mol. The Morgan fingerprint density at radius 3 is 2.57 bits per heavy atom. The number of aromatic nitrogens is 2. The third-order valence-electron chi connectivity index (χ3n) is 5.00. The van der Waals surface area contributed by atoms with Gasteiger partial charge in [-0.3, -0.25) is 9.59 Å². The van der Waals surface area contributed by atoms with Gasteiger partial charge in [-0.05, 0) is 32.0 Å². The molecule has 0 radical (unpaired) electrons. The first-order chi connectivity index (χ1) is 14.1. The second-order valence-electron chi connectivity index (χ2n) is 7.52. The monoisotopic (exact) mass is 423 g/mol. The molecule has 9 heteroatoms. The Balaban J connectivity index is 1.90. The average molecular weight is 423 g/mol. The third kappa shape index (κ3) is 4.72. The molecule has 1 fully saturated rings. The van der Waals surface area contributed by atoms with Crippen LogP contribution in [0, 0.1) is 0 Å². The summed E-state index contributed by atoms with van der Waals surface area (Å²) in [4.78, 5) is 31.3. The van der Waals surface area contributed by atoms with Crippen molar-refractivity contribution in [3.63, 3.8) is 0 Å². The molecule has 0 bridgehead atoms. The summed E-state index contributed by atoms with van der Waals surface area (Å²) >= 11 is 0. The van der Waals surface area contributed by atoms with Crippen molar-refractivity contribution in [2.24, 2.45) is 0 Å². The number of hydrogen-bond donors (Lipinski definition) is 0. The molecule has 30 heavy (non-hydrogen) atoms. The van der Waals surface area contributed by atoms with E-state index in [0.29, 0.717) is 18.6 Å². The molecule has 1 aromatic carbocycles. The number of carbonyl (C=O) groups excluding carboxylic acids is 1. The predicted octanol–water partition coefficient (Wildman–Crippen LogP) is 3.17. The van der Waals surface area contributed by atoms with Gasteiger partial charge in [-0.2, -0.15) is 13.2 Å². The highest BCUT2D eigenvalue weighted by molar-refractivity contribution is 5.77. The lowest BCUT2D eigenvalue weighted by Crippen LogP contribution is -2.48. The SMILES string of the molecule is C=CCn1c(=O)c(CCC(=O)N2C[C@@H](C)O[C@H](C)C2)nc2cc(C(F)(F)F)ccc21. The van der Waals surface area contributed by atoms with Crippen LogP contribution in [-0.4, -0.2) is 45.7 Å². The molecular weight excluding hydrogens is 399 g/mol. The van der Waals surface area contributed by atoms with Gasteiger partial charge in [-0.15, -0.1) is 6.58 Å². The summed E-state index contributed by atoms with van der Waals surface area (Å²) in [6, 6.07) is 3.08. The molecule has 1 aliphatic rings. The zero-order valence-corrected chi connectivity index (χ0v) is 16.9. The van der Waals surface area contributed by atoms with Gasteiger partial charge in [0, 0.05) is 32.5 Å². The van der Waals surface area contributed by atoms with Gasteiger partial charge in [-0.1, -0.05) is 6.08 Å². The number of halogens is 3. The van der Waals surface area contributed by atoms with Gasteiger partial charge in [0.15, 0.2) is 0 Å². The molecular formula is C21H24F3N3O3. The molecule has 0 spiro atoms. The quantitative estimate of drug-likeness (QED) is 0.693. The lowest BCUT2D eigenvalue weighted by molar-refractivity contribution is -0.143. The summed E-state index contributed by atoms with van der Waals surface area (Å²) in [5.41, 5.74) is -0.865. The van der Waals surface area contributed by atoms with Crippen molar-refractivity contribution >= 4 is 16.9 Å². The topological polar surface area (TPSA) is 64.4 Å². The number of rotatable bonds is 5. The van der Waals surface area contributed by atoms with Crippen LogP contribution in [0.15, 0.2) is 35.6 Å². The number of morpholine rings is 1. The number of benzene rings is 1. The number of aryl methyl sites for hydroxylation is 1. The van der Waals surface area contributed by atoms with Crippen molar-refractivity contribution in [3.8, 4) is 0 Å². The van der Waals surface area contributed by atoms with Crippen molar-refractivity contribution < 1.29 is 22.7 Å². The Morgan fingerprint density at radius 2 is 1.97 bits per heavy atom. The highest BCUT2D eigenvalue weighted by atomic mass is 19.4. The zero-order valence-electron chi connectivity index (χ0n) is 16.9. The van der Waals surface area contributed by atoms with Crippen molar-refractivity contribution in [2.75, 3.05) is 13.1 Å². The van der Waals surface area contributed by atoms with E-state index in [1.165, 1.54) is 16.7 Å². The highest BCUT2D eigenvalue weighted by Crippen LogP contribution is 2.30. The van der Waals surface area contributed by atoms with Crippen molar-refractivity contribution in [1.29, 1.82) is 0 Å². The van der Waals surface area contributed by atoms with E-state index in [4.69, 9.17) is 4.74 Å². The third-order valence-corrected chi connectivity index (χ3v) is 5.00. The molecule has 1 aromatic heterocycles. The first-order valence-corrected chi connectivity index (χ1v) is 9.75. The Morgan fingerprint density at radius 1 is 1.30 bits per heavy atom. The first-order valence-electron chi connectivity index (χ1n) is 9.75. The number of allylic oxidation sites excluding steroid dienone is 1. The minimum absolute atomic E-state index is 0.0419. The highest BCUT2D eigenvalue weighted by Gasteiger charge is 2.31. The molecule has 1 saturated heterocycles. The fourth-order valence-electron chi connectivity index (χ4n) is 3.71. The zero-order chi connectivity index (χ0) is 22.1. The smallest absolute Gasteiger partial charge is 0.372 e. The summed E-state index contributed by atoms with van der Waals surface area (Å²) in [5, 5.41) is 0. The number of alkyl halides is 3. The average Bonchev–Trinajstić information content (AvgIpc) is 2.66. The lowest BCUT2D eigenvalue weighted by atomic mass is 10.1. The largest absolute Gasteiger partial charge is 0.416 e. The van der Waals surface area contributed by atoms with Crippen LogP contribution in [-0.2, 0) is 28.7 Å². The first kappa shape index (κ1) is 22.0. The summed E-state index contributed by atoms with van der Waals surface area (Å²) < 4.78 is 46.2. The fraction of sp³-hybridized carbons (Fsp3) is 0.476. The van der Waals surface area contributed by atoms with Gasteiger partial charge in [0.2, 0.25) is 5.91 Å². The van der Waals surface area contributed by atoms with Gasteiger partial charge < -0.3 is 14.2 Å². The molecule has 1 aliphatic heterocycles. The molecule has 1 amide bonds. The molecule has 6 nitrogen and oxygen atoms in total. The maximum Gasteiger partial charge on any atom is 0.416 e. The number of carbonyl (C=O) groups is 1. The maximum atomic E-state index is 13.1. The van der Waals surface area contributed by atoms with E-state index in [1.807, 2.05) is 13.8 Å². The molecule has 162 valence electrons. The number of hydrogen-bond acceptors (Lipinski definition) is 4. The van der Waals surface area contributed by atoms with Crippen LogP contribution in [0.1, 0.15) is 31.5 Å². The molecule has 0 N–H and O–H groups in total. The normalized spacial score (nSPS) is 19.8. The van der Waals surface area contributed by atoms with Crippen LogP contribution in [0.4, 0.5) is 13.2 Å². The Labute approximate surface area is 172 Å². The molecule has 2 heterocycles. The van der Waals surface area contributed by atoms with Crippen LogP contribution in [0.2, 0.25) is 0 Å². The summed E-state index contributed by atoms with van der Waals surface area (Å²) in [6.45, 7) is 8.42. The molecule has 2 atom stereocenters. The number of amides is 1. The number of ether oxygens (including phenoxy) is 1. The van der Waals surface area contributed by atoms with E-state index >= 15 is 0 Å². The van der Waals surface area contributed by atoms with Gasteiger partial charge in [-0.25, -0.2) is 4.98 Å². The second kappa shape index (κ2) is 8.59. The van der Waals surface area contributed by atoms with Crippen molar-refractivity contribution in [2.45, 2.75) is 51.6 Å². The molecule has 2 aromatic rings. The second-order valence-corrected chi connectivity index (χ2v) is 7.52. The minimum Gasteiger partial charge on any atom is -0.372 e. The van der Waals surface area contributed by atoms with E-state index in [9.17, 15) is 22.8 Å². The summed E-state index contributed by atoms with van der Waals surface area (Å²) in [7, 11) is 0. The van der Waals surface area contributed by atoms with E-state index < -0.39 is 17.3 Å². The van der Waals surface area contributed by atoms with Gasteiger partial charge >= 0.3 is 6.18 Å². The van der Waals surface area contributed by atoms with Gasteiger partial charge in [0.05, 0.1) is 28.8 Å². The van der Waals surface area contributed by atoms with Crippen LogP contribution in [0.5, 0.6) is 0 Å². The van der Waals surface area contributed by atoms with Gasteiger partial charge in [0.25, 0.3) is 5.56 Å². The molecule has 0 aliphatic carbocycles. The standard InChI is InChI=1S/C21H24F3N3O3/c1-4-9-27-18-7-5-15(21(22,23)24)10-17(18)25-16(20(27)29)6-8-19(28)26-11-13(2)30-14(3)12-26/h4-5,7,10,13-14H,1,6,8-9,11-12H2,2-3H3/t13-,14-/m1/s1. The van der Waals surface area contributed by atoms with E-state index in [2.05, 4.69) is 11.6 Å². The Bertz CT molecular complexity index is 1010. The minimum atomic E-state index is -4.52. The maximum absolute atomic E-state index is 13.1. The van der Waals surface area contributed by atoms with E-state index in [0.717, 1.165) is 12.1 Å². The van der Waals surface area contributed by atoms with Crippen LogP contribution in [0.3, 0.4) is 0 Å². The van der Waals surface area contributed by atoms with Crippen molar-refractivity contribution in [3.05, 3.63) is 52.5 Å². The van der Waals surface area contributed by atoms with E-state index in [-0.39, 0.29) is 48.7 Å². The number of nitrogens with zero attached hydrogens (tertiary/aromatic N) is 3. The Hall–Kier alpha value is -2.68. The summed E-state index contributed by atoms with van der Waals surface area (Å²) in [5.74, 6) is -0.141. The molecule has 0 saturated carbocycles. The molecule has 3 rings (SSSR count). The van der Waals surface area contributed by atoms with Crippen LogP contribution < -0.4 is 5.56 Å². The van der Waals surface area contributed by atoms with Crippen LogP contribution in [0.25, 0.3) is 11.0 Å². The summed E-state index contributed by atoms with van der Waals surface area (Å²) in [6.07, 6.45) is -3.11. The van der Waals surface area contributed by atoms with Crippen LogP contribution >= 0.6 is 0 Å².